The lowest BCUT2D eigenvalue weighted by molar-refractivity contribution is 0.0872. The molecule has 1 aliphatic rings. The Hall–Kier alpha value is -1.82. The Morgan fingerprint density at radius 3 is 3.00 bits per heavy atom. The van der Waals surface area contributed by atoms with Crippen molar-refractivity contribution in [1.82, 2.24) is 5.32 Å². The van der Waals surface area contributed by atoms with Crippen LogP contribution in [0.2, 0.25) is 5.02 Å². The van der Waals surface area contributed by atoms with E-state index >= 15 is 0 Å². The van der Waals surface area contributed by atoms with E-state index in [-0.39, 0.29) is 12.6 Å². The van der Waals surface area contributed by atoms with Crippen LogP contribution in [0.4, 0.5) is 5.69 Å². The molecule has 0 aromatic heterocycles. The van der Waals surface area contributed by atoms with Crippen molar-refractivity contribution in [3.8, 4) is 0 Å². The number of methoxy groups -OCH3 is 1. The molecule has 0 saturated heterocycles. The van der Waals surface area contributed by atoms with Crippen LogP contribution in [0, 0.1) is 0 Å². The standard InChI is InChI=1S/C16H13ClN2O2S/c1-21-9-19-16(20)10-5-6-15-13(7-10)18-8-11-12(17)3-2-4-14(11)22-15/h2-8H,9H2,1H3,(H,19,20). The van der Waals surface area contributed by atoms with Gasteiger partial charge in [-0.05, 0) is 30.3 Å². The molecule has 1 amide bonds. The van der Waals surface area contributed by atoms with Crippen molar-refractivity contribution in [2.24, 2.45) is 4.99 Å². The Morgan fingerprint density at radius 2 is 2.18 bits per heavy atom. The Kier molecular flexibility index (Phi) is 4.47. The molecule has 0 radical (unpaired) electrons. The van der Waals surface area contributed by atoms with Gasteiger partial charge in [-0.2, -0.15) is 0 Å². The van der Waals surface area contributed by atoms with Gasteiger partial charge in [-0.1, -0.05) is 29.4 Å². The molecule has 1 N–H and O–H groups in total. The molecule has 3 rings (SSSR count). The third-order valence-electron chi connectivity index (χ3n) is 3.16. The lowest BCUT2D eigenvalue weighted by Crippen LogP contribution is -2.25. The van der Waals surface area contributed by atoms with Gasteiger partial charge < -0.3 is 10.1 Å². The lowest BCUT2D eigenvalue weighted by Gasteiger charge is -2.08. The van der Waals surface area contributed by atoms with Gasteiger partial charge in [0.05, 0.1) is 10.7 Å². The molecule has 2 aromatic carbocycles. The molecule has 1 aliphatic heterocycles. The fourth-order valence-electron chi connectivity index (χ4n) is 2.07. The van der Waals surface area contributed by atoms with Gasteiger partial charge in [0.1, 0.15) is 6.73 Å². The van der Waals surface area contributed by atoms with Crippen LogP contribution in [0.25, 0.3) is 0 Å². The number of fused-ring (bicyclic) bond motifs is 2. The highest BCUT2D eigenvalue weighted by Gasteiger charge is 2.15. The van der Waals surface area contributed by atoms with E-state index in [0.717, 1.165) is 21.0 Å². The molecule has 0 unspecified atom stereocenters. The summed E-state index contributed by atoms with van der Waals surface area (Å²) < 4.78 is 4.84. The normalized spacial score (nSPS) is 12.3. The lowest BCUT2D eigenvalue weighted by atomic mass is 10.2. The number of hydrogen-bond acceptors (Lipinski definition) is 4. The van der Waals surface area contributed by atoms with E-state index in [4.69, 9.17) is 16.3 Å². The molecule has 0 aliphatic carbocycles. The second-order valence-corrected chi connectivity index (χ2v) is 6.12. The zero-order valence-electron chi connectivity index (χ0n) is 11.8. The van der Waals surface area contributed by atoms with Crippen LogP contribution in [0.3, 0.4) is 0 Å². The van der Waals surface area contributed by atoms with Gasteiger partial charge in [0.2, 0.25) is 0 Å². The van der Waals surface area contributed by atoms with E-state index in [1.807, 2.05) is 24.3 Å². The van der Waals surface area contributed by atoms with Crippen LogP contribution in [-0.2, 0) is 4.74 Å². The highest BCUT2D eigenvalue weighted by atomic mass is 35.5. The summed E-state index contributed by atoms with van der Waals surface area (Å²) in [7, 11) is 1.53. The first-order valence-corrected chi connectivity index (χ1v) is 7.80. The van der Waals surface area contributed by atoms with E-state index in [2.05, 4.69) is 10.3 Å². The number of benzene rings is 2. The van der Waals surface area contributed by atoms with Crippen molar-refractivity contribution in [3.05, 3.63) is 52.5 Å². The summed E-state index contributed by atoms with van der Waals surface area (Å²) in [5.74, 6) is -0.190. The maximum Gasteiger partial charge on any atom is 0.253 e. The maximum atomic E-state index is 12.0. The topological polar surface area (TPSA) is 50.7 Å². The minimum absolute atomic E-state index is 0.176. The van der Waals surface area contributed by atoms with Crippen molar-refractivity contribution < 1.29 is 9.53 Å². The second-order valence-electron chi connectivity index (χ2n) is 4.63. The first-order chi connectivity index (χ1) is 10.7. The van der Waals surface area contributed by atoms with Crippen LogP contribution < -0.4 is 5.32 Å². The quantitative estimate of drug-likeness (QED) is 0.740. The Balaban J connectivity index is 1.95. The minimum Gasteiger partial charge on any atom is -0.364 e. The molecule has 0 fully saturated rings. The number of carbonyl (C=O) groups is 1. The molecule has 2 aromatic rings. The van der Waals surface area contributed by atoms with Crippen molar-refractivity contribution in [2.45, 2.75) is 9.79 Å². The highest BCUT2D eigenvalue weighted by molar-refractivity contribution is 7.99. The molecule has 4 nitrogen and oxygen atoms in total. The van der Waals surface area contributed by atoms with Crippen LogP contribution in [0.15, 0.2) is 51.2 Å². The SMILES string of the molecule is COCNC(=O)c1ccc2c(c1)N=Cc1c(Cl)cccc1S2. The van der Waals surface area contributed by atoms with E-state index < -0.39 is 0 Å². The van der Waals surface area contributed by atoms with Gasteiger partial charge >= 0.3 is 0 Å². The third kappa shape index (κ3) is 3.02. The van der Waals surface area contributed by atoms with Crippen LogP contribution in [0.5, 0.6) is 0 Å². The van der Waals surface area contributed by atoms with Crippen LogP contribution in [0.1, 0.15) is 15.9 Å². The summed E-state index contributed by atoms with van der Waals surface area (Å²) >= 11 is 7.80. The number of carbonyl (C=O) groups excluding carboxylic acids is 1. The molecule has 0 bridgehead atoms. The average molecular weight is 333 g/mol. The summed E-state index contributed by atoms with van der Waals surface area (Å²) in [5.41, 5.74) is 2.20. The Morgan fingerprint density at radius 1 is 1.32 bits per heavy atom. The zero-order valence-corrected chi connectivity index (χ0v) is 13.4. The van der Waals surface area contributed by atoms with E-state index in [9.17, 15) is 4.79 Å². The predicted molar refractivity (Wildman–Crippen MR) is 88.6 cm³/mol. The number of nitrogens with zero attached hydrogens (tertiary/aromatic N) is 1. The minimum atomic E-state index is -0.190. The van der Waals surface area contributed by atoms with E-state index in [0.29, 0.717) is 10.6 Å². The van der Waals surface area contributed by atoms with Crippen molar-refractivity contribution in [1.29, 1.82) is 0 Å². The molecule has 6 heteroatoms. The number of nitrogens with one attached hydrogen (secondary N) is 1. The van der Waals surface area contributed by atoms with Gasteiger partial charge in [0, 0.05) is 34.2 Å². The first kappa shape index (κ1) is 15.1. The maximum absolute atomic E-state index is 12.0. The molecule has 22 heavy (non-hydrogen) atoms. The summed E-state index contributed by atoms with van der Waals surface area (Å²) in [6.07, 6.45) is 1.74. The van der Waals surface area contributed by atoms with Gasteiger partial charge in [-0.3, -0.25) is 9.79 Å². The van der Waals surface area contributed by atoms with Gasteiger partial charge in [-0.15, -0.1) is 0 Å². The van der Waals surface area contributed by atoms with Crippen LogP contribution in [-0.4, -0.2) is 26.0 Å². The molecule has 0 saturated carbocycles. The summed E-state index contributed by atoms with van der Waals surface area (Å²) in [6, 6.07) is 11.2. The largest absolute Gasteiger partial charge is 0.364 e. The molecule has 112 valence electrons. The number of halogens is 1. The smallest absolute Gasteiger partial charge is 0.253 e. The summed E-state index contributed by atoms with van der Waals surface area (Å²) in [5, 5.41) is 3.32. The molecule has 1 heterocycles. The summed E-state index contributed by atoms with van der Waals surface area (Å²) in [4.78, 5) is 18.5. The average Bonchev–Trinajstić information content (AvgIpc) is 2.71. The second kappa shape index (κ2) is 6.52. The van der Waals surface area contributed by atoms with E-state index in [1.165, 1.54) is 7.11 Å². The number of amides is 1. The molecular weight excluding hydrogens is 320 g/mol. The number of rotatable bonds is 3. The number of aliphatic imine (C=N–C) groups is 1. The Labute approximate surface area is 137 Å². The fourth-order valence-corrected chi connectivity index (χ4v) is 3.36. The predicted octanol–water partition coefficient (Wildman–Crippen LogP) is 3.89. The van der Waals surface area contributed by atoms with Gasteiger partial charge in [-0.25, -0.2) is 0 Å². The Bertz CT molecular complexity index is 762. The van der Waals surface area contributed by atoms with Crippen LogP contribution >= 0.6 is 23.4 Å². The zero-order chi connectivity index (χ0) is 15.5. The first-order valence-electron chi connectivity index (χ1n) is 6.60. The number of hydrogen-bond donors (Lipinski definition) is 1. The van der Waals surface area contributed by atoms with E-state index in [1.54, 1.807) is 30.1 Å². The molecular formula is C16H13ClN2O2S. The third-order valence-corrected chi connectivity index (χ3v) is 4.63. The van der Waals surface area contributed by atoms with Crippen molar-refractivity contribution >= 4 is 41.2 Å². The van der Waals surface area contributed by atoms with Crippen molar-refractivity contribution in [2.75, 3.05) is 13.8 Å². The summed E-state index contributed by atoms with van der Waals surface area (Å²) in [6.45, 7) is 0.176. The van der Waals surface area contributed by atoms with Gasteiger partial charge in [0.15, 0.2) is 0 Å². The molecule has 0 spiro atoms. The van der Waals surface area contributed by atoms with Gasteiger partial charge in [0.25, 0.3) is 5.91 Å². The fraction of sp³-hybridized carbons (Fsp3) is 0.125. The number of ether oxygens (including phenoxy) is 1. The molecule has 0 atom stereocenters. The van der Waals surface area contributed by atoms with Crippen molar-refractivity contribution in [3.63, 3.8) is 0 Å². The highest BCUT2D eigenvalue weighted by Crippen LogP contribution is 2.40. The monoisotopic (exact) mass is 332 g/mol.